The second kappa shape index (κ2) is 7.78. The van der Waals surface area contributed by atoms with Gasteiger partial charge in [-0.05, 0) is 36.8 Å². The van der Waals surface area contributed by atoms with Crippen LogP contribution < -0.4 is 5.32 Å². The van der Waals surface area contributed by atoms with E-state index in [1.165, 1.54) is 17.0 Å². The van der Waals surface area contributed by atoms with Crippen LogP contribution in [0.5, 0.6) is 0 Å². The van der Waals surface area contributed by atoms with Crippen LogP contribution in [0.2, 0.25) is 0 Å². The van der Waals surface area contributed by atoms with E-state index in [1.807, 2.05) is 5.32 Å². The average Bonchev–Trinajstić information content (AvgIpc) is 3.19. The highest BCUT2D eigenvalue weighted by Crippen LogP contribution is 2.53. The molecule has 4 rings (SSSR count). The van der Waals surface area contributed by atoms with Crippen LogP contribution in [0.25, 0.3) is 0 Å². The van der Waals surface area contributed by atoms with E-state index in [0.29, 0.717) is 12.8 Å². The lowest BCUT2D eigenvalue weighted by Gasteiger charge is -2.36. The highest BCUT2D eigenvalue weighted by Gasteiger charge is 2.72. The van der Waals surface area contributed by atoms with Crippen molar-refractivity contribution >= 4 is 17.6 Å². The Labute approximate surface area is 184 Å². The SMILES string of the molecule is CC1(C)CC(=O)C2=C(C1)N(C1CCCCCC1)C(=O)[C@]2(NC(=O)c1ccco1)C(F)(F)F. The van der Waals surface area contributed by atoms with Crippen LogP contribution in [0.1, 0.15) is 75.8 Å². The molecule has 32 heavy (non-hydrogen) atoms. The largest absolute Gasteiger partial charge is 0.459 e. The number of hydrogen-bond acceptors (Lipinski definition) is 4. The van der Waals surface area contributed by atoms with E-state index in [4.69, 9.17) is 4.42 Å². The van der Waals surface area contributed by atoms with Crippen molar-refractivity contribution in [3.63, 3.8) is 0 Å². The standard InChI is InChI=1S/C23H27F3N2O4/c1-21(2)12-15-18(16(29)13-21)22(23(24,25)26,27-19(30)17-10-7-11-32-17)20(31)28(15)14-8-5-3-4-6-9-14/h7,10-11,14H,3-6,8-9,12-13H2,1-2H3,(H,27,30)/t22-/m0/s1. The zero-order chi connectivity index (χ0) is 23.3. The number of Topliss-reactive ketones (excluding diaryl/α,β-unsaturated/α-hetero) is 1. The molecule has 174 valence electrons. The lowest BCUT2D eigenvalue weighted by atomic mass is 9.72. The van der Waals surface area contributed by atoms with Crippen molar-refractivity contribution in [2.45, 2.75) is 83.0 Å². The van der Waals surface area contributed by atoms with Gasteiger partial charge in [0.1, 0.15) is 0 Å². The van der Waals surface area contributed by atoms with Crippen LogP contribution in [0.4, 0.5) is 13.2 Å². The molecule has 0 radical (unpaired) electrons. The molecule has 2 amide bonds. The molecule has 2 aliphatic carbocycles. The molecule has 0 unspecified atom stereocenters. The third-order valence-corrected chi connectivity index (χ3v) is 6.72. The molecule has 6 nitrogen and oxygen atoms in total. The number of ketones is 1. The third-order valence-electron chi connectivity index (χ3n) is 6.72. The van der Waals surface area contributed by atoms with E-state index in [-0.39, 0.29) is 24.3 Å². The summed E-state index contributed by atoms with van der Waals surface area (Å²) in [6, 6.07) is 2.15. The minimum atomic E-state index is -5.20. The van der Waals surface area contributed by atoms with E-state index >= 15 is 0 Å². The number of alkyl halides is 3. The summed E-state index contributed by atoms with van der Waals surface area (Å²) in [5.41, 5.74) is -4.52. The molecule has 1 fully saturated rings. The van der Waals surface area contributed by atoms with Crippen molar-refractivity contribution in [2.24, 2.45) is 5.41 Å². The van der Waals surface area contributed by atoms with Gasteiger partial charge in [-0.25, -0.2) is 0 Å². The maximum Gasteiger partial charge on any atom is 0.425 e. The summed E-state index contributed by atoms with van der Waals surface area (Å²) in [5.74, 6) is -3.58. The van der Waals surface area contributed by atoms with Crippen LogP contribution in [0, 0.1) is 5.41 Å². The molecule has 0 spiro atoms. The maximum atomic E-state index is 14.7. The molecular weight excluding hydrogens is 425 g/mol. The zero-order valence-corrected chi connectivity index (χ0v) is 18.2. The molecule has 1 aromatic heterocycles. The topological polar surface area (TPSA) is 79.6 Å². The van der Waals surface area contributed by atoms with Crippen LogP contribution in [0.3, 0.4) is 0 Å². The molecule has 1 aliphatic heterocycles. The highest BCUT2D eigenvalue weighted by atomic mass is 19.4. The van der Waals surface area contributed by atoms with E-state index in [9.17, 15) is 27.6 Å². The Morgan fingerprint density at radius 2 is 1.78 bits per heavy atom. The van der Waals surface area contributed by atoms with Crippen molar-refractivity contribution in [1.29, 1.82) is 0 Å². The minimum Gasteiger partial charge on any atom is -0.459 e. The molecule has 1 atom stereocenters. The second-order valence-electron chi connectivity index (χ2n) is 9.76. The first-order chi connectivity index (χ1) is 15.0. The van der Waals surface area contributed by atoms with Gasteiger partial charge in [0, 0.05) is 18.2 Å². The molecule has 1 N–H and O–H groups in total. The van der Waals surface area contributed by atoms with Crippen molar-refractivity contribution in [3.05, 3.63) is 35.4 Å². The predicted octanol–water partition coefficient (Wildman–Crippen LogP) is 4.52. The van der Waals surface area contributed by atoms with Crippen molar-refractivity contribution < 1.29 is 32.0 Å². The number of nitrogens with one attached hydrogen (secondary N) is 1. The number of carbonyl (C=O) groups is 3. The number of halogens is 3. The fourth-order valence-electron chi connectivity index (χ4n) is 5.32. The molecule has 0 aromatic carbocycles. The summed E-state index contributed by atoms with van der Waals surface area (Å²) < 4.78 is 49.2. The Kier molecular flexibility index (Phi) is 5.49. The quantitative estimate of drug-likeness (QED) is 0.684. The van der Waals surface area contributed by atoms with Gasteiger partial charge < -0.3 is 14.6 Å². The Hall–Kier alpha value is -2.58. The maximum absolute atomic E-state index is 14.7. The monoisotopic (exact) mass is 452 g/mol. The number of rotatable bonds is 3. The van der Waals surface area contributed by atoms with Gasteiger partial charge in [-0.1, -0.05) is 39.5 Å². The van der Waals surface area contributed by atoms with Gasteiger partial charge in [0.2, 0.25) is 5.54 Å². The van der Waals surface area contributed by atoms with Gasteiger partial charge in [0.25, 0.3) is 11.8 Å². The van der Waals surface area contributed by atoms with Gasteiger partial charge in [-0.3, -0.25) is 14.4 Å². The fourth-order valence-corrected chi connectivity index (χ4v) is 5.32. The predicted molar refractivity (Wildman–Crippen MR) is 108 cm³/mol. The van der Waals surface area contributed by atoms with Gasteiger partial charge in [-0.2, -0.15) is 13.2 Å². The highest BCUT2D eigenvalue weighted by molar-refractivity contribution is 6.14. The van der Waals surface area contributed by atoms with Crippen LogP contribution in [-0.4, -0.2) is 40.3 Å². The van der Waals surface area contributed by atoms with Gasteiger partial charge >= 0.3 is 6.18 Å². The average molecular weight is 452 g/mol. The Bertz CT molecular complexity index is 956. The lowest BCUT2D eigenvalue weighted by molar-refractivity contribution is -0.191. The summed E-state index contributed by atoms with van der Waals surface area (Å²) in [5, 5.41) is 1.90. The number of hydrogen-bond donors (Lipinski definition) is 1. The normalized spacial score (nSPS) is 26.8. The van der Waals surface area contributed by atoms with Gasteiger partial charge in [0.05, 0.1) is 11.8 Å². The summed E-state index contributed by atoms with van der Waals surface area (Å²) in [7, 11) is 0. The van der Waals surface area contributed by atoms with Gasteiger partial charge in [-0.15, -0.1) is 0 Å². The van der Waals surface area contributed by atoms with Crippen molar-refractivity contribution in [3.8, 4) is 0 Å². The molecule has 1 saturated carbocycles. The van der Waals surface area contributed by atoms with E-state index < -0.39 is 46.3 Å². The summed E-state index contributed by atoms with van der Waals surface area (Å²) in [6.07, 6.45) is 0.610. The van der Waals surface area contributed by atoms with Crippen molar-refractivity contribution in [1.82, 2.24) is 10.2 Å². The third kappa shape index (κ3) is 3.55. The summed E-state index contributed by atoms with van der Waals surface area (Å²) in [6.45, 7) is 3.61. The number of furan rings is 1. The van der Waals surface area contributed by atoms with E-state index in [2.05, 4.69) is 0 Å². The lowest BCUT2D eigenvalue weighted by Crippen LogP contribution is -2.66. The van der Waals surface area contributed by atoms with Crippen molar-refractivity contribution in [2.75, 3.05) is 0 Å². The summed E-state index contributed by atoms with van der Waals surface area (Å²) in [4.78, 5) is 40.7. The zero-order valence-electron chi connectivity index (χ0n) is 18.2. The molecular formula is C23H27F3N2O4. The molecule has 0 saturated heterocycles. The van der Waals surface area contributed by atoms with Crippen LogP contribution in [-0.2, 0) is 9.59 Å². The Morgan fingerprint density at radius 1 is 1.12 bits per heavy atom. The van der Waals surface area contributed by atoms with E-state index in [0.717, 1.165) is 31.9 Å². The van der Waals surface area contributed by atoms with E-state index in [1.54, 1.807) is 13.8 Å². The molecule has 3 aliphatic rings. The fraction of sp³-hybridized carbons (Fsp3) is 0.609. The number of allylic oxidation sites excluding steroid dienone is 1. The second-order valence-corrected chi connectivity index (χ2v) is 9.76. The molecule has 2 heterocycles. The first-order valence-electron chi connectivity index (χ1n) is 11.0. The number of amides is 2. The Morgan fingerprint density at radius 3 is 2.34 bits per heavy atom. The Balaban J connectivity index is 1.88. The molecule has 1 aromatic rings. The number of nitrogens with zero attached hydrogens (tertiary/aromatic N) is 1. The first-order valence-corrected chi connectivity index (χ1v) is 11.0. The first kappa shape index (κ1) is 22.6. The smallest absolute Gasteiger partial charge is 0.425 e. The van der Waals surface area contributed by atoms with Crippen LogP contribution >= 0.6 is 0 Å². The number of carbonyl (C=O) groups excluding carboxylic acids is 3. The molecule has 0 bridgehead atoms. The van der Waals surface area contributed by atoms with Crippen LogP contribution in [0.15, 0.2) is 34.1 Å². The van der Waals surface area contributed by atoms with Gasteiger partial charge in [0.15, 0.2) is 11.5 Å². The summed E-state index contributed by atoms with van der Waals surface area (Å²) >= 11 is 0. The molecule has 9 heteroatoms. The minimum absolute atomic E-state index is 0.111.